The lowest BCUT2D eigenvalue weighted by molar-refractivity contribution is -0.149. The van der Waals surface area contributed by atoms with E-state index < -0.39 is 12.0 Å². The fourth-order valence-electron chi connectivity index (χ4n) is 1.87. The maximum atomic E-state index is 12.0. The molecule has 1 saturated heterocycles. The second-order valence-electron chi connectivity index (χ2n) is 4.02. The summed E-state index contributed by atoms with van der Waals surface area (Å²) in [5.41, 5.74) is 1.47. The summed E-state index contributed by atoms with van der Waals surface area (Å²) in [4.78, 5) is 24.5. The number of hydrogen-bond acceptors (Lipinski definition) is 5. The third-order valence-corrected chi connectivity index (χ3v) is 3.69. The topological polar surface area (TPSA) is 96.0 Å². The second kappa shape index (κ2) is 6.48. The van der Waals surface area contributed by atoms with E-state index in [-0.39, 0.29) is 11.8 Å². The number of carboxylic acids is 1. The normalized spacial score (nSPS) is 21.9. The van der Waals surface area contributed by atoms with Gasteiger partial charge in [-0.2, -0.15) is 5.10 Å². The van der Waals surface area contributed by atoms with Crippen molar-refractivity contribution in [3.8, 4) is 0 Å². The summed E-state index contributed by atoms with van der Waals surface area (Å²) in [5, 5.41) is 12.3. The fourth-order valence-corrected chi connectivity index (χ4v) is 2.48. The Hall–Kier alpha value is -1.24. The molecule has 17 heavy (non-hydrogen) atoms. The lowest BCUT2D eigenvalue weighted by Gasteiger charge is -2.24. The summed E-state index contributed by atoms with van der Waals surface area (Å²) in [6, 6.07) is -0.655. The molecule has 1 aliphatic heterocycles. The molecule has 6 nitrogen and oxygen atoms in total. The Morgan fingerprint density at radius 2 is 2.41 bits per heavy atom. The van der Waals surface area contributed by atoms with Crippen LogP contribution in [0.5, 0.6) is 0 Å². The van der Waals surface area contributed by atoms with E-state index in [1.165, 1.54) is 22.2 Å². The zero-order valence-corrected chi connectivity index (χ0v) is 10.5. The van der Waals surface area contributed by atoms with Crippen LogP contribution in [0.4, 0.5) is 0 Å². The fraction of sp³-hybridized carbons (Fsp3) is 0.700. The van der Waals surface area contributed by atoms with Gasteiger partial charge in [0.25, 0.3) is 0 Å². The molecule has 7 heteroatoms. The first kappa shape index (κ1) is 13.8. The van der Waals surface area contributed by atoms with Crippen LogP contribution in [0, 0.1) is 5.92 Å². The van der Waals surface area contributed by atoms with Crippen LogP contribution < -0.4 is 5.84 Å². The standard InChI is InChI=1S/C10H17N3O3S/c1-7(5-17-6-12-11)9(14)13-4-2-3-8(13)10(15)16/h6-8H,2-5,11H2,1H3,(H,15,16)/t7?,8-/m0/s1. The van der Waals surface area contributed by atoms with Gasteiger partial charge in [-0.15, -0.1) is 11.8 Å². The van der Waals surface area contributed by atoms with Gasteiger partial charge in [-0.1, -0.05) is 6.92 Å². The van der Waals surface area contributed by atoms with Crippen LogP contribution in [-0.4, -0.2) is 45.8 Å². The van der Waals surface area contributed by atoms with E-state index in [0.29, 0.717) is 18.7 Å². The van der Waals surface area contributed by atoms with Gasteiger partial charge in [0.15, 0.2) is 0 Å². The van der Waals surface area contributed by atoms with E-state index in [9.17, 15) is 9.59 Å². The molecular weight excluding hydrogens is 242 g/mol. The van der Waals surface area contributed by atoms with Crippen LogP contribution in [0.2, 0.25) is 0 Å². The maximum absolute atomic E-state index is 12.0. The van der Waals surface area contributed by atoms with Crippen molar-refractivity contribution in [2.24, 2.45) is 16.9 Å². The molecule has 0 bridgehead atoms. The summed E-state index contributed by atoms with van der Waals surface area (Å²) in [6.45, 7) is 2.33. The molecule has 3 N–H and O–H groups in total. The average molecular weight is 259 g/mol. The molecule has 1 amide bonds. The maximum Gasteiger partial charge on any atom is 0.326 e. The molecule has 0 aromatic rings. The van der Waals surface area contributed by atoms with Crippen LogP contribution in [0.25, 0.3) is 0 Å². The van der Waals surface area contributed by atoms with Crippen molar-refractivity contribution in [1.82, 2.24) is 4.90 Å². The van der Waals surface area contributed by atoms with Crippen molar-refractivity contribution in [3.05, 3.63) is 0 Å². The Bertz CT molecular complexity index is 322. The number of hydrogen-bond donors (Lipinski definition) is 2. The minimum atomic E-state index is -0.917. The molecule has 1 unspecified atom stereocenters. The molecule has 1 fully saturated rings. The molecule has 0 aliphatic carbocycles. The predicted octanol–water partition coefficient (Wildman–Crippen LogP) is 0.333. The van der Waals surface area contributed by atoms with Crippen LogP contribution in [0.3, 0.4) is 0 Å². The number of carbonyl (C=O) groups excluding carboxylic acids is 1. The summed E-state index contributed by atoms with van der Waals surface area (Å²) in [7, 11) is 0. The minimum absolute atomic E-state index is 0.104. The van der Waals surface area contributed by atoms with E-state index in [1.54, 1.807) is 6.92 Å². The van der Waals surface area contributed by atoms with Gasteiger partial charge in [-0.25, -0.2) is 4.79 Å². The Balaban J connectivity index is 2.53. The molecular formula is C10H17N3O3S. The number of carbonyl (C=O) groups is 2. The number of carboxylic acid groups (broad SMARTS) is 1. The van der Waals surface area contributed by atoms with Gasteiger partial charge in [-0.3, -0.25) is 4.79 Å². The van der Waals surface area contributed by atoms with Gasteiger partial charge < -0.3 is 15.8 Å². The molecule has 96 valence electrons. The Labute approximate surface area is 104 Å². The van der Waals surface area contributed by atoms with E-state index in [4.69, 9.17) is 10.9 Å². The van der Waals surface area contributed by atoms with Gasteiger partial charge in [0.2, 0.25) is 5.91 Å². The van der Waals surface area contributed by atoms with Crippen molar-refractivity contribution in [2.45, 2.75) is 25.8 Å². The summed E-state index contributed by atoms with van der Waals surface area (Å²) < 4.78 is 0. The molecule has 1 aliphatic rings. The zero-order chi connectivity index (χ0) is 12.8. The third kappa shape index (κ3) is 3.62. The van der Waals surface area contributed by atoms with Crippen LogP contribution >= 0.6 is 11.8 Å². The lowest BCUT2D eigenvalue weighted by atomic mass is 10.1. The summed E-state index contributed by atoms with van der Waals surface area (Å²) in [6.07, 6.45) is 1.30. The molecule has 0 aromatic carbocycles. The van der Waals surface area contributed by atoms with Crippen molar-refractivity contribution in [2.75, 3.05) is 12.3 Å². The molecule has 2 atom stereocenters. The number of thioether (sulfide) groups is 1. The van der Waals surface area contributed by atoms with E-state index in [1.807, 2.05) is 0 Å². The second-order valence-corrected chi connectivity index (χ2v) is 4.89. The number of hydrazone groups is 1. The molecule has 0 spiro atoms. The number of likely N-dealkylation sites (tertiary alicyclic amines) is 1. The first-order valence-electron chi connectivity index (χ1n) is 5.44. The van der Waals surface area contributed by atoms with Gasteiger partial charge >= 0.3 is 5.97 Å². The highest BCUT2D eigenvalue weighted by Crippen LogP contribution is 2.21. The van der Waals surface area contributed by atoms with E-state index in [2.05, 4.69) is 5.10 Å². The van der Waals surface area contributed by atoms with Crippen molar-refractivity contribution in [3.63, 3.8) is 0 Å². The zero-order valence-electron chi connectivity index (χ0n) is 9.70. The number of nitrogens with two attached hydrogens (primary N) is 1. The van der Waals surface area contributed by atoms with Gasteiger partial charge in [0.1, 0.15) is 6.04 Å². The monoisotopic (exact) mass is 259 g/mol. The highest BCUT2D eigenvalue weighted by atomic mass is 32.2. The predicted molar refractivity (Wildman–Crippen MR) is 66.7 cm³/mol. The highest BCUT2D eigenvalue weighted by Gasteiger charge is 2.35. The van der Waals surface area contributed by atoms with Crippen molar-refractivity contribution >= 4 is 29.2 Å². The lowest BCUT2D eigenvalue weighted by Crippen LogP contribution is -2.43. The average Bonchev–Trinajstić information content (AvgIpc) is 2.77. The molecule has 1 rings (SSSR count). The minimum Gasteiger partial charge on any atom is -0.480 e. The Kier molecular flexibility index (Phi) is 5.27. The first-order chi connectivity index (χ1) is 8.07. The van der Waals surface area contributed by atoms with Crippen LogP contribution in [-0.2, 0) is 9.59 Å². The van der Waals surface area contributed by atoms with Crippen LogP contribution in [0.15, 0.2) is 5.10 Å². The Morgan fingerprint density at radius 3 is 3.00 bits per heavy atom. The highest BCUT2D eigenvalue weighted by molar-refractivity contribution is 8.12. The van der Waals surface area contributed by atoms with Crippen molar-refractivity contribution in [1.29, 1.82) is 0 Å². The van der Waals surface area contributed by atoms with Gasteiger partial charge in [0.05, 0.1) is 5.55 Å². The largest absolute Gasteiger partial charge is 0.480 e. The van der Waals surface area contributed by atoms with Gasteiger partial charge in [-0.05, 0) is 12.8 Å². The molecule has 0 saturated carbocycles. The first-order valence-corrected chi connectivity index (χ1v) is 6.49. The summed E-state index contributed by atoms with van der Waals surface area (Å²) in [5.74, 6) is 4.26. The van der Waals surface area contributed by atoms with Crippen molar-refractivity contribution < 1.29 is 14.7 Å². The van der Waals surface area contributed by atoms with E-state index in [0.717, 1.165) is 6.42 Å². The molecule has 1 heterocycles. The molecule has 0 radical (unpaired) electrons. The third-order valence-electron chi connectivity index (χ3n) is 2.72. The SMILES string of the molecule is CC(CSC=NN)C(=O)N1CCC[C@H]1C(=O)O. The number of aliphatic carboxylic acids is 1. The smallest absolute Gasteiger partial charge is 0.326 e. The number of rotatable bonds is 5. The Morgan fingerprint density at radius 1 is 1.71 bits per heavy atom. The van der Waals surface area contributed by atoms with Gasteiger partial charge in [0, 0.05) is 18.2 Å². The van der Waals surface area contributed by atoms with Crippen LogP contribution in [0.1, 0.15) is 19.8 Å². The van der Waals surface area contributed by atoms with E-state index >= 15 is 0 Å². The number of amides is 1. The summed E-state index contributed by atoms with van der Waals surface area (Å²) >= 11 is 1.35. The quantitative estimate of drug-likeness (QED) is 0.321. The number of nitrogens with zero attached hydrogens (tertiary/aromatic N) is 2. The molecule has 0 aromatic heterocycles.